The lowest BCUT2D eigenvalue weighted by atomic mass is 10.1. The fourth-order valence-electron chi connectivity index (χ4n) is 3.78. The Bertz CT molecular complexity index is 522. The first kappa shape index (κ1) is 18.5. The Hall–Kier alpha value is -1.24. The summed E-state index contributed by atoms with van der Waals surface area (Å²) in [7, 11) is 3.88. The van der Waals surface area contributed by atoms with Crippen LogP contribution >= 0.6 is 0 Å². The summed E-state index contributed by atoms with van der Waals surface area (Å²) in [6, 6.07) is 2.16. The molecule has 2 atom stereocenters. The lowest BCUT2D eigenvalue weighted by Crippen LogP contribution is -2.32. The lowest BCUT2D eigenvalue weighted by Gasteiger charge is -2.27. The first-order valence-electron chi connectivity index (χ1n) is 9.63. The van der Waals surface area contributed by atoms with Crippen molar-refractivity contribution >= 4 is 5.82 Å². The SMILES string of the molecule is COCCN(C)C[C@H]1CC[C@@H](Cc2cc(N3CCCCC3)ncn2)O1. The van der Waals surface area contributed by atoms with Crippen molar-refractivity contribution in [3.8, 4) is 0 Å². The molecule has 0 aliphatic carbocycles. The standard InChI is InChI=1S/C19H32N4O2/c1-22(10-11-24-2)14-18-7-6-17(25-18)12-16-13-19(21-15-20-16)23-8-4-3-5-9-23/h13,15,17-18H,3-12,14H2,1-2H3/t17-,18+/m0/s1. The second kappa shape index (κ2) is 9.46. The maximum atomic E-state index is 6.24. The zero-order valence-electron chi connectivity index (χ0n) is 15.7. The molecule has 0 spiro atoms. The third-order valence-corrected chi connectivity index (χ3v) is 5.21. The summed E-state index contributed by atoms with van der Waals surface area (Å²) in [6.45, 7) is 4.93. The molecule has 6 heteroatoms. The van der Waals surface area contributed by atoms with Crippen LogP contribution in [-0.2, 0) is 15.9 Å². The van der Waals surface area contributed by atoms with Gasteiger partial charge in [0.05, 0.1) is 18.8 Å². The highest BCUT2D eigenvalue weighted by molar-refractivity contribution is 5.39. The van der Waals surface area contributed by atoms with E-state index in [0.29, 0.717) is 6.10 Å². The first-order chi connectivity index (χ1) is 12.2. The minimum absolute atomic E-state index is 0.282. The molecule has 0 bridgehead atoms. The van der Waals surface area contributed by atoms with E-state index in [9.17, 15) is 0 Å². The van der Waals surface area contributed by atoms with Gasteiger partial charge in [0.2, 0.25) is 0 Å². The summed E-state index contributed by atoms with van der Waals surface area (Å²) in [5.74, 6) is 1.08. The number of ether oxygens (including phenoxy) is 2. The molecule has 1 aromatic rings. The molecule has 0 N–H and O–H groups in total. The number of methoxy groups -OCH3 is 1. The molecule has 0 saturated carbocycles. The van der Waals surface area contributed by atoms with Crippen molar-refractivity contribution in [2.24, 2.45) is 0 Å². The van der Waals surface area contributed by atoms with E-state index in [1.165, 1.54) is 19.3 Å². The van der Waals surface area contributed by atoms with Crippen molar-refractivity contribution in [2.75, 3.05) is 51.8 Å². The van der Waals surface area contributed by atoms with Gasteiger partial charge in [-0.15, -0.1) is 0 Å². The number of hydrogen-bond acceptors (Lipinski definition) is 6. The highest BCUT2D eigenvalue weighted by Crippen LogP contribution is 2.24. The number of nitrogens with zero attached hydrogens (tertiary/aromatic N) is 4. The lowest BCUT2D eigenvalue weighted by molar-refractivity contribution is 0.0237. The van der Waals surface area contributed by atoms with Crippen molar-refractivity contribution in [2.45, 2.75) is 50.7 Å². The minimum Gasteiger partial charge on any atom is -0.383 e. The van der Waals surface area contributed by atoms with Crippen molar-refractivity contribution < 1.29 is 9.47 Å². The number of aromatic nitrogens is 2. The molecule has 140 valence electrons. The third kappa shape index (κ3) is 5.62. The zero-order valence-corrected chi connectivity index (χ0v) is 15.7. The number of anilines is 1. The van der Waals surface area contributed by atoms with Gasteiger partial charge < -0.3 is 19.3 Å². The molecular formula is C19H32N4O2. The maximum absolute atomic E-state index is 6.24. The second-order valence-corrected chi connectivity index (χ2v) is 7.33. The van der Waals surface area contributed by atoms with E-state index in [2.05, 4.69) is 32.9 Å². The van der Waals surface area contributed by atoms with Crippen LogP contribution in [0.4, 0.5) is 5.82 Å². The van der Waals surface area contributed by atoms with Crippen LogP contribution in [0.5, 0.6) is 0 Å². The van der Waals surface area contributed by atoms with Crippen molar-refractivity contribution in [1.29, 1.82) is 0 Å². The molecule has 3 heterocycles. The van der Waals surface area contributed by atoms with E-state index in [4.69, 9.17) is 9.47 Å². The average Bonchev–Trinajstić information content (AvgIpc) is 3.07. The van der Waals surface area contributed by atoms with Gasteiger partial charge in [0.15, 0.2) is 0 Å². The summed E-state index contributed by atoms with van der Waals surface area (Å²) in [5.41, 5.74) is 1.11. The van der Waals surface area contributed by atoms with Crippen molar-refractivity contribution in [3.05, 3.63) is 18.1 Å². The largest absolute Gasteiger partial charge is 0.383 e. The molecule has 0 aromatic carbocycles. The maximum Gasteiger partial charge on any atom is 0.132 e. The Kier molecular flexibility index (Phi) is 7.02. The predicted molar refractivity (Wildman–Crippen MR) is 99.1 cm³/mol. The van der Waals surface area contributed by atoms with E-state index in [1.807, 2.05) is 0 Å². The summed E-state index contributed by atoms with van der Waals surface area (Å²) in [6.07, 6.45) is 9.33. The fourth-order valence-corrected chi connectivity index (χ4v) is 3.78. The van der Waals surface area contributed by atoms with E-state index >= 15 is 0 Å². The quantitative estimate of drug-likeness (QED) is 0.717. The number of likely N-dealkylation sites (N-methyl/N-ethyl adjacent to an activating group) is 1. The van der Waals surface area contributed by atoms with Crippen LogP contribution < -0.4 is 4.90 Å². The molecule has 0 amide bonds. The predicted octanol–water partition coefficient (Wildman–Crippen LogP) is 2.14. The Balaban J connectivity index is 1.48. The highest BCUT2D eigenvalue weighted by atomic mass is 16.5. The molecule has 2 fully saturated rings. The fraction of sp³-hybridized carbons (Fsp3) is 0.789. The van der Waals surface area contributed by atoms with E-state index < -0.39 is 0 Å². The van der Waals surface area contributed by atoms with Gasteiger partial charge >= 0.3 is 0 Å². The monoisotopic (exact) mass is 348 g/mol. The summed E-state index contributed by atoms with van der Waals surface area (Å²) >= 11 is 0. The van der Waals surface area contributed by atoms with Crippen LogP contribution in [-0.4, -0.2) is 74.0 Å². The summed E-state index contributed by atoms with van der Waals surface area (Å²) in [5, 5.41) is 0. The molecule has 2 aliphatic rings. The Morgan fingerprint density at radius 1 is 1.20 bits per heavy atom. The van der Waals surface area contributed by atoms with E-state index in [1.54, 1.807) is 13.4 Å². The molecule has 3 rings (SSSR count). The van der Waals surface area contributed by atoms with Gasteiger partial charge in [-0.25, -0.2) is 9.97 Å². The molecule has 25 heavy (non-hydrogen) atoms. The first-order valence-corrected chi connectivity index (χ1v) is 9.63. The van der Waals surface area contributed by atoms with Crippen LogP contribution in [0.1, 0.15) is 37.8 Å². The van der Waals surface area contributed by atoms with Crippen molar-refractivity contribution in [3.63, 3.8) is 0 Å². The average molecular weight is 348 g/mol. The van der Waals surface area contributed by atoms with Crippen LogP contribution in [0, 0.1) is 0 Å². The number of hydrogen-bond donors (Lipinski definition) is 0. The highest BCUT2D eigenvalue weighted by Gasteiger charge is 2.27. The van der Waals surface area contributed by atoms with Gasteiger partial charge in [-0.1, -0.05) is 0 Å². The van der Waals surface area contributed by atoms with Gasteiger partial charge in [0.1, 0.15) is 12.1 Å². The van der Waals surface area contributed by atoms with Gasteiger partial charge in [0, 0.05) is 51.5 Å². The van der Waals surface area contributed by atoms with Crippen molar-refractivity contribution in [1.82, 2.24) is 14.9 Å². The normalized spacial score (nSPS) is 24.2. The Labute approximate surface area is 151 Å². The van der Waals surface area contributed by atoms with E-state index in [0.717, 1.165) is 63.6 Å². The van der Waals surface area contributed by atoms with Gasteiger partial charge in [-0.3, -0.25) is 0 Å². The molecule has 2 saturated heterocycles. The molecule has 0 radical (unpaired) electrons. The van der Waals surface area contributed by atoms with Gasteiger partial charge in [0.25, 0.3) is 0 Å². The summed E-state index contributed by atoms with van der Waals surface area (Å²) < 4.78 is 11.4. The Morgan fingerprint density at radius 3 is 2.80 bits per heavy atom. The molecule has 6 nitrogen and oxygen atoms in total. The molecule has 1 aromatic heterocycles. The van der Waals surface area contributed by atoms with Crippen LogP contribution in [0.15, 0.2) is 12.4 Å². The number of piperidine rings is 1. The van der Waals surface area contributed by atoms with Gasteiger partial charge in [-0.2, -0.15) is 0 Å². The molecular weight excluding hydrogens is 316 g/mol. The van der Waals surface area contributed by atoms with E-state index in [-0.39, 0.29) is 6.10 Å². The second-order valence-electron chi connectivity index (χ2n) is 7.33. The smallest absolute Gasteiger partial charge is 0.132 e. The zero-order chi connectivity index (χ0) is 17.5. The topological polar surface area (TPSA) is 50.7 Å². The molecule has 0 unspecified atom stereocenters. The molecule has 2 aliphatic heterocycles. The van der Waals surface area contributed by atoms with Crippen LogP contribution in [0.3, 0.4) is 0 Å². The summed E-state index contributed by atoms with van der Waals surface area (Å²) in [4.78, 5) is 13.6. The number of rotatable bonds is 8. The van der Waals surface area contributed by atoms with Crippen LogP contribution in [0.2, 0.25) is 0 Å². The van der Waals surface area contributed by atoms with Crippen LogP contribution in [0.25, 0.3) is 0 Å². The van der Waals surface area contributed by atoms with Gasteiger partial charge in [-0.05, 0) is 39.2 Å². The Morgan fingerprint density at radius 2 is 2.00 bits per heavy atom. The minimum atomic E-state index is 0.282. The third-order valence-electron chi connectivity index (χ3n) is 5.21.